The van der Waals surface area contributed by atoms with Gasteiger partial charge in [-0.3, -0.25) is 0 Å². The lowest BCUT2D eigenvalue weighted by molar-refractivity contribution is 1.39. The van der Waals surface area contributed by atoms with Crippen LogP contribution in [0.1, 0.15) is 22.3 Å². The second kappa shape index (κ2) is 2.98. The normalized spacial score (nSPS) is 11.8. The summed E-state index contributed by atoms with van der Waals surface area (Å²) in [4.78, 5) is 0. The van der Waals surface area contributed by atoms with Gasteiger partial charge in [-0.05, 0) is 72.7 Å². The first-order valence-corrected chi connectivity index (χ1v) is 5.81. The molecule has 80 valence electrons. The molecule has 0 saturated heterocycles. The molecule has 0 saturated carbocycles. The van der Waals surface area contributed by atoms with E-state index in [9.17, 15) is 0 Å². The third kappa shape index (κ3) is 1.10. The summed E-state index contributed by atoms with van der Waals surface area (Å²) in [5.74, 6) is 0. The molecule has 0 atom stereocenters. The molecule has 0 spiro atoms. The molecule has 2 aromatic carbocycles. The summed E-state index contributed by atoms with van der Waals surface area (Å²) < 4.78 is 0. The van der Waals surface area contributed by atoms with Crippen LogP contribution in [0.2, 0.25) is 0 Å². The van der Waals surface area contributed by atoms with Gasteiger partial charge in [-0.25, -0.2) is 0 Å². The molecular weight excluding hydrogens is 192 g/mol. The number of hydrogen-bond donors (Lipinski definition) is 0. The Morgan fingerprint density at radius 3 is 2.00 bits per heavy atom. The van der Waals surface area contributed by atoms with Crippen molar-refractivity contribution in [3.8, 4) is 22.3 Å². The fourth-order valence-corrected chi connectivity index (χ4v) is 2.95. The molecule has 0 fully saturated rings. The van der Waals surface area contributed by atoms with Crippen molar-refractivity contribution in [2.45, 2.75) is 27.7 Å². The van der Waals surface area contributed by atoms with Gasteiger partial charge in [0, 0.05) is 0 Å². The van der Waals surface area contributed by atoms with Crippen LogP contribution in [0.5, 0.6) is 0 Å². The molecule has 2 bridgehead atoms. The molecule has 0 amide bonds. The van der Waals surface area contributed by atoms with E-state index in [0.717, 1.165) is 0 Å². The van der Waals surface area contributed by atoms with Crippen molar-refractivity contribution in [2.75, 3.05) is 0 Å². The quantitative estimate of drug-likeness (QED) is 0.507. The number of rotatable bonds is 0. The van der Waals surface area contributed by atoms with Crippen LogP contribution in [0.15, 0.2) is 24.3 Å². The van der Waals surface area contributed by atoms with Crippen LogP contribution < -0.4 is 0 Å². The predicted octanol–water partition coefficient (Wildman–Crippen LogP) is 4.57. The van der Waals surface area contributed by atoms with Crippen molar-refractivity contribution in [1.29, 1.82) is 0 Å². The van der Waals surface area contributed by atoms with E-state index in [1.54, 1.807) is 0 Å². The average molecular weight is 208 g/mol. The van der Waals surface area contributed by atoms with E-state index in [-0.39, 0.29) is 0 Å². The molecule has 0 heteroatoms. The second-order valence-electron chi connectivity index (χ2n) is 4.99. The van der Waals surface area contributed by atoms with Crippen LogP contribution in [-0.4, -0.2) is 0 Å². The summed E-state index contributed by atoms with van der Waals surface area (Å²) in [5, 5.41) is 0. The van der Waals surface area contributed by atoms with Gasteiger partial charge in [0.05, 0.1) is 0 Å². The summed E-state index contributed by atoms with van der Waals surface area (Å²) in [6, 6.07) is 9.25. The lowest BCUT2D eigenvalue weighted by atomic mass is 9.96. The summed E-state index contributed by atoms with van der Waals surface area (Å²) in [5.41, 5.74) is 11.3. The lowest BCUT2D eigenvalue weighted by Crippen LogP contribution is -1.85. The van der Waals surface area contributed by atoms with Crippen LogP contribution >= 0.6 is 0 Å². The SMILES string of the molecule is Cc1cc(C)c2c(c1)-c1cc-2c(C)cc1C. The Hall–Kier alpha value is -1.56. The Bertz CT molecular complexity index is 604. The van der Waals surface area contributed by atoms with Crippen molar-refractivity contribution in [2.24, 2.45) is 0 Å². The number of fused-ring (bicyclic) bond motifs is 5. The van der Waals surface area contributed by atoms with Crippen LogP contribution in [0.3, 0.4) is 0 Å². The Morgan fingerprint density at radius 2 is 1.25 bits per heavy atom. The molecule has 0 heterocycles. The molecule has 1 aliphatic carbocycles. The Morgan fingerprint density at radius 1 is 0.562 bits per heavy atom. The molecule has 0 aromatic heterocycles. The van der Waals surface area contributed by atoms with Gasteiger partial charge in [0.1, 0.15) is 0 Å². The molecule has 3 rings (SSSR count). The van der Waals surface area contributed by atoms with Gasteiger partial charge >= 0.3 is 0 Å². The largest absolute Gasteiger partial charge is 0.0557 e. The Labute approximate surface area is 96.9 Å². The highest BCUT2D eigenvalue weighted by molar-refractivity contribution is 5.96. The first-order chi connectivity index (χ1) is 7.58. The van der Waals surface area contributed by atoms with E-state index < -0.39 is 0 Å². The standard InChI is InChI=1S/C16H16/c1-9-5-12(4)16-14-8-13(15(16)6-9)10(2)7-11(14)3/h5-8H,1-4H3. The van der Waals surface area contributed by atoms with Gasteiger partial charge in [-0.2, -0.15) is 0 Å². The van der Waals surface area contributed by atoms with Crippen LogP contribution in [0.4, 0.5) is 0 Å². The van der Waals surface area contributed by atoms with Crippen molar-refractivity contribution in [3.05, 3.63) is 46.5 Å². The Balaban J connectivity index is 2.46. The first-order valence-electron chi connectivity index (χ1n) is 5.81. The van der Waals surface area contributed by atoms with E-state index in [4.69, 9.17) is 0 Å². The molecule has 2 aromatic rings. The third-order valence-corrected chi connectivity index (χ3v) is 3.61. The topological polar surface area (TPSA) is 0 Å². The van der Waals surface area contributed by atoms with Crippen molar-refractivity contribution >= 4 is 0 Å². The molecule has 0 radical (unpaired) electrons. The first kappa shape index (κ1) is 9.65. The molecule has 16 heavy (non-hydrogen) atoms. The fourth-order valence-electron chi connectivity index (χ4n) is 2.95. The van der Waals surface area contributed by atoms with Crippen LogP contribution in [-0.2, 0) is 0 Å². The zero-order chi connectivity index (χ0) is 11.4. The minimum absolute atomic E-state index is 1.36. The van der Waals surface area contributed by atoms with Gasteiger partial charge < -0.3 is 0 Å². The number of aryl methyl sites for hydroxylation is 4. The van der Waals surface area contributed by atoms with Crippen molar-refractivity contribution in [1.82, 2.24) is 0 Å². The van der Waals surface area contributed by atoms with E-state index in [1.165, 1.54) is 44.5 Å². The fraction of sp³-hybridized carbons (Fsp3) is 0.250. The van der Waals surface area contributed by atoms with E-state index >= 15 is 0 Å². The number of hydrogen-bond acceptors (Lipinski definition) is 0. The summed E-state index contributed by atoms with van der Waals surface area (Å²) in [6.07, 6.45) is 0. The minimum atomic E-state index is 1.36. The molecule has 0 unspecified atom stereocenters. The zero-order valence-corrected chi connectivity index (χ0v) is 10.3. The maximum atomic E-state index is 2.35. The predicted molar refractivity (Wildman–Crippen MR) is 69.8 cm³/mol. The highest BCUT2D eigenvalue weighted by Crippen LogP contribution is 2.46. The highest BCUT2D eigenvalue weighted by atomic mass is 14.2. The maximum Gasteiger partial charge on any atom is -0.00729 e. The van der Waals surface area contributed by atoms with E-state index in [2.05, 4.69) is 52.0 Å². The maximum absolute atomic E-state index is 2.35. The molecular formula is C16H16. The van der Waals surface area contributed by atoms with Crippen molar-refractivity contribution < 1.29 is 0 Å². The summed E-state index contributed by atoms with van der Waals surface area (Å²) in [7, 11) is 0. The Kier molecular flexibility index (Phi) is 1.79. The lowest BCUT2D eigenvalue weighted by Gasteiger charge is -2.08. The highest BCUT2D eigenvalue weighted by Gasteiger charge is 2.21. The third-order valence-electron chi connectivity index (χ3n) is 3.61. The minimum Gasteiger partial charge on any atom is -0.0557 e. The zero-order valence-electron chi connectivity index (χ0n) is 10.3. The van der Waals surface area contributed by atoms with E-state index in [0.29, 0.717) is 0 Å². The number of benzene rings is 2. The second-order valence-corrected chi connectivity index (χ2v) is 4.99. The van der Waals surface area contributed by atoms with Crippen LogP contribution in [0.25, 0.3) is 22.3 Å². The van der Waals surface area contributed by atoms with Gasteiger partial charge in [0.15, 0.2) is 0 Å². The average Bonchev–Trinajstić information content (AvgIpc) is 2.52. The smallest absolute Gasteiger partial charge is 0.00729 e. The monoisotopic (exact) mass is 208 g/mol. The summed E-state index contributed by atoms with van der Waals surface area (Å²) >= 11 is 0. The molecule has 0 aliphatic heterocycles. The van der Waals surface area contributed by atoms with Crippen molar-refractivity contribution in [3.63, 3.8) is 0 Å². The molecule has 0 nitrogen and oxygen atoms in total. The summed E-state index contributed by atoms with van der Waals surface area (Å²) in [6.45, 7) is 8.81. The van der Waals surface area contributed by atoms with Crippen LogP contribution in [0, 0.1) is 27.7 Å². The van der Waals surface area contributed by atoms with Gasteiger partial charge in [0.25, 0.3) is 0 Å². The van der Waals surface area contributed by atoms with E-state index in [1.807, 2.05) is 0 Å². The molecule has 0 N–H and O–H groups in total. The van der Waals surface area contributed by atoms with Gasteiger partial charge in [-0.15, -0.1) is 0 Å². The molecule has 1 aliphatic rings. The van der Waals surface area contributed by atoms with Gasteiger partial charge in [-0.1, -0.05) is 23.8 Å². The van der Waals surface area contributed by atoms with Gasteiger partial charge in [0.2, 0.25) is 0 Å².